The number of H-pyrrole nitrogens is 4. The standard InChI is InChI=1S/C16H16N6O5/c23-13-8(14(24)21-16(26)20-13)7-17-11-5-9-10(19-15(25)18-9)6-12(11)22-1-3-27-4-2-22/h5-7H,1-4H2,(H2,18,19,25)(H3,20,21,23,24,26). The third-order valence-electron chi connectivity index (χ3n) is 4.25. The Hall–Kier alpha value is -3.60. The summed E-state index contributed by atoms with van der Waals surface area (Å²) in [4.78, 5) is 50.5. The minimum absolute atomic E-state index is 0.176. The van der Waals surface area contributed by atoms with Crippen LogP contribution in [0.5, 0.6) is 5.88 Å². The molecule has 0 bridgehead atoms. The first-order valence-corrected chi connectivity index (χ1v) is 8.19. The zero-order chi connectivity index (χ0) is 19.0. The van der Waals surface area contributed by atoms with Crippen LogP contribution >= 0.6 is 0 Å². The van der Waals surface area contributed by atoms with Crippen molar-refractivity contribution in [3.63, 3.8) is 0 Å². The lowest BCUT2D eigenvalue weighted by molar-refractivity contribution is 0.123. The minimum Gasteiger partial charge on any atom is -0.494 e. The number of aromatic hydroxyl groups is 1. The van der Waals surface area contributed by atoms with Gasteiger partial charge in [0.2, 0.25) is 5.88 Å². The van der Waals surface area contributed by atoms with Crippen molar-refractivity contribution in [1.82, 2.24) is 19.9 Å². The maximum Gasteiger partial charge on any atom is 0.328 e. The van der Waals surface area contributed by atoms with Gasteiger partial charge in [-0.1, -0.05) is 0 Å². The van der Waals surface area contributed by atoms with Gasteiger partial charge in [0.25, 0.3) is 5.56 Å². The molecule has 0 spiro atoms. The van der Waals surface area contributed by atoms with Crippen LogP contribution in [-0.4, -0.2) is 57.6 Å². The lowest BCUT2D eigenvalue weighted by Crippen LogP contribution is -2.36. The first kappa shape index (κ1) is 16.8. The van der Waals surface area contributed by atoms with Crippen molar-refractivity contribution in [3.8, 4) is 5.88 Å². The van der Waals surface area contributed by atoms with E-state index < -0.39 is 17.1 Å². The van der Waals surface area contributed by atoms with Crippen LogP contribution in [0.25, 0.3) is 11.0 Å². The number of ether oxygens (including phenoxy) is 1. The monoisotopic (exact) mass is 372 g/mol. The Balaban J connectivity index is 1.83. The molecule has 3 heterocycles. The SMILES string of the molecule is O=c1[nH]c(O)c(C=Nc2cc3[nH]c(=O)[nH]c3cc2N2CCOCC2)c(=O)[nH]1. The smallest absolute Gasteiger partial charge is 0.328 e. The number of imidazole rings is 1. The highest BCUT2D eigenvalue weighted by Gasteiger charge is 2.17. The molecule has 11 heteroatoms. The van der Waals surface area contributed by atoms with Gasteiger partial charge >= 0.3 is 11.4 Å². The van der Waals surface area contributed by atoms with Crippen molar-refractivity contribution in [1.29, 1.82) is 0 Å². The van der Waals surface area contributed by atoms with E-state index in [0.717, 1.165) is 5.69 Å². The molecular formula is C16H16N6O5. The predicted octanol–water partition coefficient (Wildman–Crippen LogP) is -0.474. The molecule has 1 saturated heterocycles. The lowest BCUT2D eigenvalue weighted by atomic mass is 10.2. The molecule has 2 aromatic heterocycles. The summed E-state index contributed by atoms with van der Waals surface area (Å²) in [5.74, 6) is -0.573. The summed E-state index contributed by atoms with van der Waals surface area (Å²) in [7, 11) is 0. The molecule has 1 aromatic carbocycles. The van der Waals surface area contributed by atoms with Gasteiger partial charge in [-0.05, 0) is 12.1 Å². The Morgan fingerprint density at radius 1 is 1.00 bits per heavy atom. The fourth-order valence-corrected chi connectivity index (χ4v) is 2.96. The number of hydrogen-bond donors (Lipinski definition) is 5. The number of fused-ring (bicyclic) bond motifs is 1. The summed E-state index contributed by atoms with van der Waals surface area (Å²) < 4.78 is 5.37. The summed E-state index contributed by atoms with van der Waals surface area (Å²) in [5.41, 5.74) is 0.342. The number of nitrogens with one attached hydrogen (secondary N) is 4. The third kappa shape index (κ3) is 3.27. The number of aromatic amines is 4. The van der Waals surface area contributed by atoms with Gasteiger partial charge in [0.15, 0.2) is 0 Å². The Kier molecular flexibility index (Phi) is 4.12. The normalized spacial score (nSPS) is 15.0. The summed E-state index contributed by atoms with van der Waals surface area (Å²) in [6, 6.07) is 3.47. The van der Waals surface area contributed by atoms with Gasteiger partial charge in [0, 0.05) is 19.3 Å². The minimum atomic E-state index is -0.810. The van der Waals surface area contributed by atoms with Gasteiger partial charge in [-0.2, -0.15) is 0 Å². The molecule has 0 amide bonds. The molecule has 140 valence electrons. The van der Waals surface area contributed by atoms with Crippen molar-refractivity contribution in [3.05, 3.63) is 49.0 Å². The van der Waals surface area contributed by atoms with Crippen LogP contribution < -0.4 is 21.8 Å². The lowest BCUT2D eigenvalue weighted by Gasteiger charge is -2.29. The van der Waals surface area contributed by atoms with Crippen LogP contribution in [0, 0.1) is 0 Å². The second-order valence-electron chi connectivity index (χ2n) is 5.99. The summed E-state index contributed by atoms with van der Waals surface area (Å²) in [6.45, 7) is 2.41. The van der Waals surface area contributed by atoms with E-state index in [9.17, 15) is 19.5 Å². The number of aromatic nitrogens is 4. The summed E-state index contributed by atoms with van der Waals surface area (Å²) >= 11 is 0. The first-order chi connectivity index (χ1) is 13.0. The molecule has 4 rings (SSSR count). The molecule has 11 nitrogen and oxygen atoms in total. The van der Waals surface area contributed by atoms with Crippen LogP contribution in [0.15, 0.2) is 31.5 Å². The van der Waals surface area contributed by atoms with Crippen molar-refractivity contribution in [2.45, 2.75) is 0 Å². The second-order valence-corrected chi connectivity index (χ2v) is 5.99. The van der Waals surface area contributed by atoms with Crippen molar-refractivity contribution in [2.75, 3.05) is 31.2 Å². The average molecular weight is 372 g/mol. The van der Waals surface area contributed by atoms with Crippen LogP contribution in [-0.2, 0) is 4.74 Å². The molecule has 0 aliphatic carbocycles. The molecule has 0 unspecified atom stereocenters. The Labute approximate surface area is 150 Å². The van der Waals surface area contributed by atoms with Gasteiger partial charge in [-0.3, -0.25) is 19.8 Å². The zero-order valence-corrected chi connectivity index (χ0v) is 14.0. The topological polar surface area (TPSA) is 159 Å². The van der Waals surface area contributed by atoms with Crippen LogP contribution in [0.2, 0.25) is 0 Å². The van der Waals surface area contributed by atoms with Gasteiger partial charge < -0.3 is 24.7 Å². The highest BCUT2D eigenvalue weighted by atomic mass is 16.5. The highest BCUT2D eigenvalue weighted by Crippen LogP contribution is 2.32. The molecule has 0 atom stereocenters. The largest absolute Gasteiger partial charge is 0.494 e. The highest BCUT2D eigenvalue weighted by molar-refractivity contribution is 5.91. The summed E-state index contributed by atoms with van der Waals surface area (Å²) in [5, 5.41) is 9.80. The molecule has 27 heavy (non-hydrogen) atoms. The van der Waals surface area contributed by atoms with E-state index in [2.05, 4.69) is 24.8 Å². The van der Waals surface area contributed by atoms with E-state index in [1.54, 1.807) is 12.1 Å². The van der Waals surface area contributed by atoms with Gasteiger partial charge in [-0.25, -0.2) is 9.59 Å². The second kappa shape index (κ2) is 6.61. The van der Waals surface area contributed by atoms with Crippen molar-refractivity contribution in [2.24, 2.45) is 4.99 Å². The summed E-state index contributed by atoms with van der Waals surface area (Å²) in [6.07, 6.45) is 1.17. The number of morpholine rings is 1. The first-order valence-electron chi connectivity index (χ1n) is 8.19. The fourth-order valence-electron chi connectivity index (χ4n) is 2.96. The molecule has 0 radical (unpaired) electrons. The van der Waals surface area contributed by atoms with Crippen LogP contribution in [0.4, 0.5) is 11.4 Å². The Morgan fingerprint density at radius 3 is 2.37 bits per heavy atom. The maximum absolute atomic E-state index is 11.9. The maximum atomic E-state index is 11.9. The molecule has 0 saturated carbocycles. The van der Waals surface area contributed by atoms with Gasteiger partial charge in [0.1, 0.15) is 5.56 Å². The van der Waals surface area contributed by atoms with Gasteiger partial charge in [-0.15, -0.1) is 0 Å². The van der Waals surface area contributed by atoms with Crippen LogP contribution in [0.3, 0.4) is 0 Å². The van der Waals surface area contributed by atoms with Crippen LogP contribution in [0.1, 0.15) is 5.56 Å². The molecule has 1 aliphatic rings. The quantitative estimate of drug-likeness (QED) is 0.391. The molecule has 1 aliphatic heterocycles. The van der Waals surface area contributed by atoms with Crippen molar-refractivity contribution < 1.29 is 9.84 Å². The van der Waals surface area contributed by atoms with E-state index in [-0.39, 0.29) is 11.3 Å². The predicted molar refractivity (Wildman–Crippen MR) is 98.6 cm³/mol. The Morgan fingerprint density at radius 2 is 1.67 bits per heavy atom. The number of rotatable bonds is 3. The molecule has 1 fully saturated rings. The number of benzene rings is 1. The van der Waals surface area contributed by atoms with E-state index in [0.29, 0.717) is 43.0 Å². The number of nitrogens with zero attached hydrogens (tertiary/aromatic N) is 2. The third-order valence-corrected chi connectivity index (χ3v) is 4.25. The van der Waals surface area contributed by atoms with Crippen molar-refractivity contribution >= 4 is 28.6 Å². The Bertz CT molecular complexity index is 1190. The van der Waals surface area contributed by atoms with E-state index >= 15 is 0 Å². The van der Waals surface area contributed by atoms with E-state index in [4.69, 9.17) is 4.74 Å². The zero-order valence-electron chi connectivity index (χ0n) is 14.0. The van der Waals surface area contributed by atoms with E-state index in [1.807, 2.05) is 4.98 Å². The molecule has 5 N–H and O–H groups in total. The average Bonchev–Trinajstić information content (AvgIpc) is 2.99. The number of aliphatic imine (C=N–C) groups is 1. The number of hydrogen-bond acceptors (Lipinski definition) is 7. The fraction of sp³-hybridized carbons (Fsp3) is 0.250. The number of anilines is 1. The molecule has 3 aromatic rings. The van der Waals surface area contributed by atoms with E-state index in [1.165, 1.54) is 6.21 Å². The molecular weight excluding hydrogens is 356 g/mol. The van der Waals surface area contributed by atoms with Gasteiger partial charge in [0.05, 0.1) is 35.6 Å².